The summed E-state index contributed by atoms with van der Waals surface area (Å²) in [6, 6.07) is 13.2. The van der Waals surface area contributed by atoms with Crippen LogP contribution in [0, 0.1) is 0 Å². The molecule has 1 amide bonds. The first-order valence-electron chi connectivity index (χ1n) is 5.96. The van der Waals surface area contributed by atoms with Crippen LogP contribution in [0.1, 0.15) is 20.7 Å². The highest BCUT2D eigenvalue weighted by molar-refractivity contribution is 6.08. The lowest BCUT2D eigenvalue weighted by Gasteiger charge is -2.09. The van der Waals surface area contributed by atoms with Crippen LogP contribution in [0.15, 0.2) is 48.5 Å². The number of benzene rings is 2. The highest BCUT2D eigenvalue weighted by Gasteiger charge is 2.13. The Labute approximate surface area is 116 Å². The van der Waals surface area contributed by atoms with Gasteiger partial charge in [0.05, 0.1) is 18.4 Å². The number of methoxy groups -OCH3 is 1. The molecule has 0 aliphatic heterocycles. The lowest BCUT2D eigenvalue weighted by atomic mass is 10.1. The van der Waals surface area contributed by atoms with Gasteiger partial charge >= 0.3 is 5.97 Å². The maximum Gasteiger partial charge on any atom is 0.339 e. The van der Waals surface area contributed by atoms with Crippen LogP contribution in [-0.2, 0) is 4.74 Å². The van der Waals surface area contributed by atoms with Gasteiger partial charge in [-0.15, -0.1) is 0 Å². The second-order valence-electron chi connectivity index (χ2n) is 4.11. The van der Waals surface area contributed by atoms with Gasteiger partial charge in [-0.25, -0.2) is 4.79 Å². The summed E-state index contributed by atoms with van der Waals surface area (Å²) in [5.41, 5.74) is 7.31. The van der Waals surface area contributed by atoms with Crippen molar-refractivity contribution in [1.82, 2.24) is 0 Å². The molecule has 20 heavy (non-hydrogen) atoms. The Morgan fingerprint density at radius 1 is 1.05 bits per heavy atom. The Balaban J connectivity index is 2.24. The minimum Gasteiger partial charge on any atom is -0.465 e. The van der Waals surface area contributed by atoms with Gasteiger partial charge < -0.3 is 15.8 Å². The normalized spacial score (nSPS) is 9.85. The van der Waals surface area contributed by atoms with Crippen LogP contribution >= 0.6 is 0 Å². The van der Waals surface area contributed by atoms with Crippen molar-refractivity contribution in [3.63, 3.8) is 0 Å². The molecule has 0 bridgehead atoms. The molecule has 5 heteroatoms. The van der Waals surface area contributed by atoms with E-state index >= 15 is 0 Å². The Morgan fingerprint density at radius 2 is 1.70 bits per heavy atom. The molecule has 3 N–H and O–H groups in total. The van der Waals surface area contributed by atoms with Gasteiger partial charge in [0.2, 0.25) is 0 Å². The number of carbonyl (C=O) groups is 2. The lowest BCUT2D eigenvalue weighted by molar-refractivity contribution is 0.0602. The van der Waals surface area contributed by atoms with E-state index in [0.29, 0.717) is 22.5 Å². The third kappa shape index (κ3) is 2.95. The molecule has 0 fully saturated rings. The first kappa shape index (κ1) is 13.6. The molecule has 0 aliphatic rings. The molecule has 0 radical (unpaired) electrons. The predicted octanol–water partition coefficient (Wildman–Crippen LogP) is 2.31. The van der Waals surface area contributed by atoms with E-state index in [-0.39, 0.29) is 5.91 Å². The maximum absolute atomic E-state index is 12.1. The van der Waals surface area contributed by atoms with E-state index in [0.717, 1.165) is 0 Å². The molecular weight excluding hydrogens is 256 g/mol. The first-order chi connectivity index (χ1) is 9.61. The highest BCUT2D eigenvalue weighted by Crippen LogP contribution is 2.17. The second kappa shape index (κ2) is 5.88. The first-order valence-corrected chi connectivity index (χ1v) is 5.96. The van der Waals surface area contributed by atoms with Crippen LogP contribution in [0.4, 0.5) is 11.4 Å². The summed E-state index contributed by atoms with van der Waals surface area (Å²) in [7, 11) is 1.29. The standard InChI is InChI=1S/C15H14N2O3/c1-20-15(19)12-4-2-3-5-13(12)17-14(18)10-6-8-11(16)9-7-10/h2-9H,16H2,1H3,(H,17,18). The predicted molar refractivity (Wildman–Crippen MR) is 76.6 cm³/mol. The van der Waals surface area contributed by atoms with Gasteiger partial charge in [-0.05, 0) is 36.4 Å². The van der Waals surface area contributed by atoms with Crippen LogP contribution in [0.5, 0.6) is 0 Å². The van der Waals surface area contributed by atoms with Crippen molar-refractivity contribution in [2.45, 2.75) is 0 Å². The van der Waals surface area contributed by atoms with Crippen molar-refractivity contribution in [3.05, 3.63) is 59.7 Å². The van der Waals surface area contributed by atoms with E-state index in [9.17, 15) is 9.59 Å². The van der Waals surface area contributed by atoms with Crippen LogP contribution in [0.3, 0.4) is 0 Å². The quantitative estimate of drug-likeness (QED) is 0.662. The van der Waals surface area contributed by atoms with E-state index in [2.05, 4.69) is 10.1 Å². The van der Waals surface area contributed by atoms with Crippen LogP contribution in [-0.4, -0.2) is 19.0 Å². The molecular formula is C15H14N2O3. The number of ether oxygens (including phenoxy) is 1. The Kier molecular flexibility index (Phi) is 4.00. The van der Waals surface area contributed by atoms with E-state index < -0.39 is 5.97 Å². The topological polar surface area (TPSA) is 81.4 Å². The van der Waals surface area contributed by atoms with E-state index in [4.69, 9.17) is 5.73 Å². The molecule has 0 saturated heterocycles. The fourth-order valence-corrected chi connectivity index (χ4v) is 1.71. The minimum absolute atomic E-state index is 0.304. The Morgan fingerprint density at radius 3 is 2.35 bits per heavy atom. The average molecular weight is 270 g/mol. The third-order valence-corrected chi connectivity index (χ3v) is 2.75. The van der Waals surface area contributed by atoms with Gasteiger partial charge in [0, 0.05) is 11.3 Å². The molecule has 0 unspecified atom stereocenters. The zero-order valence-electron chi connectivity index (χ0n) is 10.9. The maximum atomic E-state index is 12.1. The van der Waals surface area contributed by atoms with Crippen molar-refractivity contribution in [2.24, 2.45) is 0 Å². The number of rotatable bonds is 3. The number of nitrogens with two attached hydrogens (primary N) is 1. The molecule has 0 atom stereocenters. The molecule has 5 nitrogen and oxygen atoms in total. The van der Waals surface area contributed by atoms with Crippen LogP contribution < -0.4 is 11.1 Å². The van der Waals surface area contributed by atoms with Crippen molar-refractivity contribution >= 4 is 23.3 Å². The van der Waals surface area contributed by atoms with Crippen molar-refractivity contribution in [1.29, 1.82) is 0 Å². The SMILES string of the molecule is COC(=O)c1ccccc1NC(=O)c1ccc(N)cc1. The molecule has 0 aromatic heterocycles. The van der Waals surface area contributed by atoms with Gasteiger partial charge in [-0.3, -0.25) is 4.79 Å². The molecule has 0 aliphatic carbocycles. The van der Waals surface area contributed by atoms with Gasteiger partial charge in [-0.2, -0.15) is 0 Å². The molecule has 0 spiro atoms. The van der Waals surface area contributed by atoms with Crippen molar-refractivity contribution in [3.8, 4) is 0 Å². The number of carbonyl (C=O) groups excluding carboxylic acids is 2. The number of nitrogen functional groups attached to an aromatic ring is 1. The Hall–Kier alpha value is -2.82. The van der Waals surface area contributed by atoms with Gasteiger partial charge in [0.15, 0.2) is 0 Å². The van der Waals surface area contributed by atoms with E-state index in [1.165, 1.54) is 7.11 Å². The summed E-state index contributed by atoms with van der Waals surface area (Å²) in [4.78, 5) is 23.7. The third-order valence-electron chi connectivity index (χ3n) is 2.75. The molecule has 2 aromatic rings. The molecule has 2 rings (SSSR count). The smallest absolute Gasteiger partial charge is 0.339 e. The zero-order valence-corrected chi connectivity index (χ0v) is 10.9. The number of esters is 1. The summed E-state index contributed by atoms with van der Waals surface area (Å²) in [5, 5.41) is 2.68. The zero-order chi connectivity index (χ0) is 14.5. The number of anilines is 2. The lowest BCUT2D eigenvalue weighted by Crippen LogP contribution is -2.15. The number of amides is 1. The molecule has 0 heterocycles. The molecule has 102 valence electrons. The fraction of sp³-hybridized carbons (Fsp3) is 0.0667. The average Bonchev–Trinajstić information content (AvgIpc) is 2.47. The van der Waals surface area contributed by atoms with Crippen molar-refractivity contribution in [2.75, 3.05) is 18.2 Å². The monoisotopic (exact) mass is 270 g/mol. The largest absolute Gasteiger partial charge is 0.465 e. The van der Waals surface area contributed by atoms with E-state index in [1.807, 2.05) is 0 Å². The van der Waals surface area contributed by atoms with Gasteiger partial charge in [0.25, 0.3) is 5.91 Å². The summed E-state index contributed by atoms with van der Waals surface area (Å²) in [6.45, 7) is 0. The molecule has 2 aromatic carbocycles. The number of nitrogens with one attached hydrogen (secondary N) is 1. The minimum atomic E-state index is -0.502. The van der Waals surface area contributed by atoms with Crippen LogP contribution in [0.25, 0.3) is 0 Å². The fourth-order valence-electron chi connectivity index (χ4n) is 1.71. The number of hydrogen-bond donors (Lipinski definition) is 2. The number of hydrogen-bond acceptors (Lipinski definition) is 4. The number of para-hydroxylation sites is 1. The van der Waals surface area contributed by atoms with Crippen molar-refractivity contribution < 1.29 is 14.3 Å². The summed E-state index contributed by atoms with van der Waals surface area (Å²) >= 11 is 0. The summed E-state index contributed by atoms with van der Waals surface area (Å²) in [5.74, 6) is -0.820. The highest BCUT2D eigenvalue weighted by atomic mass is 16.5. The molecule has 0 saturated carbocycles. The summed E-state index contributed by atoms with van der Waals surface area (Å²) < 4.78 is 4.67. The second-order valence-corrected chi connectivity index (χ2v) is 4.11. The summed E-state index contributed by atoms with van der Waals surface area (Å²) in [6.07, 6.45) is 0. The van der Waals surface area contributed by atoms with Crippen LogP contribution in [0.2, 0.25) is 0 Å². The van der Waals surface area contributed by atoms with Gasteiger partial charge in [-0.1, -0.05) is 12.1 Å². The van der Waals surface area contributed by atoms with E-state index in [1.54, 1.807) is 48.5 Å². The Bertz CT molecular complexity index is 636. The van der Waals surface area contributed by atoms with Gasteiger partial charge in [0.1, 0.15) is 0 Å².